The lowest BCUT2D eigenvalue weighted by atomic mass is 10.1. The molecule has 4 nitrogen and oxygen atoms in total. The maximum absolute atomic E-state index is 13.0. The topological polar surface area (TPSA) is 72.2 Å². The lowest BCUT2D eigenvalue weighted by molar-refractivity contribution is 0.0949. The molecular weight excluding hydrogens is 271 g/mol. The molecule has 5 heteroatoms. The molecule has 0 saturated heterocycles. The highest BCUT2D eigenvalue weighted by atomic mass is 19.1. The molecule has 0 unspecified atom stereocenters. The summed E-state index contributed by atoms with van der Waals surface area (Å²) in [6.07, 6.45) is 0. The molecule has 2 aromatic rings. The van der Waals surface area contributed by atoms with Gasteiger partial charge in [-0.1, -0.05) is 12.1 Å². The van der Waals surface area contributed by atoms with Crippen LogP contribution in [0.1, 0.15) is 31.8 Å². The lowest BCUT2D eigenvalue weighted by Gasteiger charge is -2.08. The van der Waals surface area contributed by atoms with Gasteiger partial charge in [0.15, 0.2) is 0 Å². The first-order valence-electron chi connectivity index (χ1n) is 6.40. The van der Waals surface area contributed by atoms with Gasteiger partial charge in [-0.2, -0.15) is 0 Å². The Kier molecular flexibility index (Phi) is 4.33. The number of nitrogens with one attached hydrogen (secondary N) is 1. The predicted molar refractivity (Wildman–Crippen MR) is 77.3 cm³/mol. The van der Waals surface area contributed by atoms with E-state index in [2.05, 4.69) is 5.32 Å². The van der Waals surface area contributed by atoms with Gasteiger partial charge < -0.3 is 11.1 Å². The fraction of sp³-hybridized carbons (Fsp3) is 0.125. The summed E-state index contributed by atoms with van der Waals surface area (Å²) >= 11 is 0. The molecule has 0 aliphatic heterocycles. The molecule has 2 aromatic carbocycles. The van der Waals surface area contributed by atoms with Crippen LogP contribution in [0.4, 0.5) is 4.39 Å². The van der Waals surface area contributed by atoms with Gasteiger partial charge in [-0.15, -0.1) is 0 Å². The van der Waals surface area contributed by atoms with Crippen molar-refractivity contribution in [3.8, 4) is 0 Å². The molecule has 21 heavy (non-hydrogen) atoms. The van der Waals surface area contributed by atoms with Crippen LogP contribution in [0, 0.1) is 12.7 Å². The van der Waals surface area contributed by atoms with Crippen LogP contribution in [0.5, 0.6) is 0 Å². The Labute approximate surface area is 121 Å². The Hall–Kier alpha value is -2.69. The van der Waals surface area contributed by atoms with Crippen molar-refractivity contribution < 1.29 is 14.0 Å². The zero-order valence-electron chi connectivity index (χ0n) is 11.5. The van der Waals surface area contributed by atoms with E-state index in [9.17, 15) is 14.0 Å². The third-order valence-electron chi connectivity index (χ3n) is 3.10. The van der Waals surface area contributed by atoms with Crippen LogP contribution in [0.15, 0.2) is 42.5 Å². The Bertz CT molecular complexity index is 698. The summed E-state index contributed by atoms with van der Waals surface area (Å²) in [4.78, 5) is 23.1. The number of hydrogen-bond acceptors (Lipinski definition) is 2. The summed E-state index contributed by atoms with van der Waals surface area (Å²) in [5.41, 5.74) is 7.34. The number of nitrogens with two attached hydrogens (primary N) is 1. The molecule has 0 aliphatic rings. The molecule has 0 radical (unpaired) electrons. The smallest absolute Gasteiger partial charge is 0.251 e. The fourth-order valence-corrected chi connectivity index (χ4v) is 1.99. The molecule has 0 heterocycles. The van der Waals surface area contributed by atoms with Crippen molar-refractivity contribution in [3.05, 3.63) is 70.5 Å². The lowest BCUT2D eigenvalue weighted by Crippen LogP contribution is -2.24. The Morgan fingerprint density at radius 3 is 2.62 bits per heavy atom. The summed E-state index contributed by atoms with van der Waals surface area (Å²) in [6.45, 7) is 1.93. The Morgan fingerprint density at radius 2 is 1.95 bits per heavy atom. The zero-order chi connectivity index (χ0) is 15.4. The molecule has 0 bridgehead atoms. The van der Waals surface area contributed by atoms with Gasteiger partial charge in [-0.3, -0.25) is 9.59 Å². The van der Waals surface area contributed by atoms with Gasteiger partial charge in [0.1, 0.15) is 5.82 Å². The van der Waals surface area contributed by atoms with E-state index in [0.717, 1.165) is 5.56 Å². The molecule has 0 atom stereocenters. The third-order valence-corrected chi connectivity index (χ3v) is 3.10. The van der Waals surface area contributed by atoms with E-state index in [4.69, 9.17) is 5.73 Å². The number of carbonyl (C=O) groups is 2. The zero-order valence-corrected chi connectivity index (χ0v) is 11.5. The van der Waals surface area contributed by atoms with E-state index in [1.807, 2.05) is 0 Å². The minimum Gasteiger partial charge on any atom is -0.366 e. The minimum atomic E-state index is -0.516. The Morgan fingerprint density at radius 1 is 1.19 bits per heavy atom. The van der Waals surface area contributed by atoms with Crippen LogP contribution >= 0.6 is 0 Å². The number of hydrogen-bond donors (Lipinski definition) is 2. The normalized spacial score (nSPS) is 10.2. The fourth-order valence-electron chi connectivity index (χ4n) is 1.99. The van der Waals surface area contributed by atoms with Crippen molar-refractivity contribution in [1.29, 1.82) is 0 Å². The number of primary amides is 1. The second-order valence-electron chi connectivity index (χ2n) is 4.71. The van der Waals surface area contributed by atoms with E-state index >= 15 is 0 Å². The van der Waals surface area contributed by atoms with Crippen LogP contribution in [0.2, 0.25) is 0 Å². The SMILES string of the molecule is Cc1cc(F)ccc1C(=O)NCc1cccc(C(N)=O)c1. The van der Waals surface area contributed by atoms with Crippen LogP contribution in [-0.2, 0) is 6.54 Å². The Balaban J connectivity index is 2.07. The highest BCUT2D eigenvalue weighted by molar-refractivity contribution is 5.95. The highest BCUT2D eigenvalue weighted by Crippen LogP contribution is 2.11. The van der Waals surface area contributed by atoms with Crippen molar-refractivity contribution >= 4 is 11.8 Å². The largest absolute Gasteiger partial charge is 0.366 e. The van der Waals surface area contributed by atoms with Gasteiger partial charge in [-0.25, -0.2) is 4.39 Å². The second kappa shape index (κ2) is 6.17. The number of carbonyl (C=O) groups excluding carboxylic acids is 2. The van der Waals surface area contributed by atoms with Gasteiger partial charge in [0.05, 0.1) is 0 Å². The highest BCUT2D eigenvalue weighted by Gasteiger charge is 2.09. The first kappa shape index (κ1) is 14.7. The number of amides is 2. The van der Waals surface area contributed by atoms with Gasteiger partial charge in [0.25, 0.3) is 5.91 Å². The first-order valence-corrected chi connectivity index (χ1v) is 6.40. The van der Waals surface area contributed by atoms with Gasteiger partial charge in [0, 0.05) is 17.7 Å². The molecule has 2 amide bonds. The van der Waals surface area contributed by atoms with Crippen LogP contribution in [0.3, 0.4) is 0 Å². The summed E-state index contributed by atoms with van der Waals surface area (Å²) in [5, 5.41) is 2.73. The average molecular weight is 286 g/mol. The molecule has 0 spiro atoms. The summed E-state index contributed by atoms with van der Waals surface area (Å²) in [7, 11) is 0. The molecule has 0 saturated carbocycles. The van der Waals surface area contributed by atoms with Crippen molar-refractivity contribution in [1.82, 2.24) is 5.32 Å². The minimum absolute atomic E-state index is 0.261. The number of aryl methyl sites for hydroxylation is 1. The summed E-state index contributed by atoms with van der Waals surface area (Å²) < 4.78 is 13.0. The number of rotatable bonds is 4. The summed E-state index contributed by atoms with van der Waals surface area (Å²) in [5.74, 6) is -1.19. The summed E-state index contributed by atoms with van der Waals surface area (Å²) in [6, 6.07) is 10.7. The maximum atomic E-state index is 13.0. The number of benzene rings is 2. The van der Waals surface area contributed by atoms with Gasteiger partial charge >= 0.3 is 0 Å². The van der Waals surface area contributed by atoms with E-state index in [0.29, 0.717) is 16.7 Å². The van der Waals surface area contributed by atoms with Crippen molar-refractivity contribution in [2.45, 2.75) is 13.5 Å². The molecule has 3 N–H and O–H groups in total. The molecule has 0 fully saturated rings. The first-order chi connectivity index (χ1) is 9.97. The molecule has 108 valence electrons. The quantitative estimate of drug-likeness (QED) is 0.904. The van der Waals surface area contributed by atoms with Gasteiger partial charge in [-0.05, 0) is 48.4 Å². The monoisotopic (exact) mass is 286 g/mol. The van der Waals surface area contributed by atoms with Gasteiger partial charge in [0.2, 0.25) is 5.91 Å². The van der Waals surface area contributed by atoms with E-state index in [1.165, 1.54) is 18.2 Å². The van der Waals surface area contributed by atoms with Crippen molar-refractivity contribution in [2.24, 2.45) is 5.73 Å². The maximum Gasteiger partial charge on any atom is 0.251 e. The molecule has 0 aromatic heterocycles. The standard InChI is InChI=1S/C16H15FN2O2/c1-10-7-13(17)5-6-14(10)16(21)19-9-11-3-2-4-12(8-11)15(18)20/h2-8H,9H2,1H3,(H2,18,20)(H,19,21). The molecule has 2 rings (SSSR count). The van der Waals surface area contributed by atoms with Crippen molar-refractivity contribution in [3.63, 3.8) is 0 Å². The number of halogens is 1. The van der Waals surface area contributed by atoms with Crippen LogP contribution in [0.25, 0.3) is 0 Å². The predicted octanol–water partition coefficient (Wildman–Crippen LogP) is 2.16. The van der Waals surface area contributed by atoms with Crippen LogP contribution < -0.4 is 11.1 Å². The van der Waals surface area contributed by atoms with Crippen LogP contribution in [-0.4, -0.2) is 11.8 Å². The second-order valence-corrected chi connectivity index (χ2v) is 4.71. The third kappa shape index (κ3) is 3.66. The van der Waals surface area contributed by atoms with E-state index in [-0.39, 0.29) is 18.3 Å². The molecule has 0 aliphatic carbocycles. The van der Waals surface area contributed by atoms with E-state index in [1.54, 1.807) is 31.2 Å². The van der Waals surface area contributed by atoms with E-state index < -0.39 is 5.91 Å². The molecular formula is C16H15FN2O2. The average Bonchev–Trinajstić information content (AvgIpc) is 2.45. The van der Waals surface area contributed by atoms with Crippen molar-refractivity contribution in [2.75, 3.05) is 0 Å².